The zero-order valence-corrected chi connectivity index (χ0v) is 15.6. The molecular weight excluding hydrogens is 362 g/mol. The maximum atomic E-state index is 12.8. The standard InChI is InChI=1S/C19H21N5O4/c1-26-7-6-24-18-14(9-20-24)19(25)23-5-4-22(11-17(23)21-18)10-13-2-3-15-16(8-13)28-12-27-15/h2-3,8-9H,4-7,10-12H2,1H3. The highest BCUT2D eigenvalue weighted by atomic mass is 16.7. The van der Waals surface area contributed by atoms with Crippen LogP contribution in [0.2, 0.25) is 0 Å². The lowest BCUT2D eigenvalue weighted by Crippen LogP contribution is -2.39. The van der Waals surface area contributed by atoms with Crippen molar-refractivity contribution in [1.82, 2.24) is 24.2 Å². The molecule has 0 aliphatic carbocycles. The minimum absolute atomic E-state index is 0.0219. The number of benzene rings is 1. The van der Waals surface area contributed by atoms with E-state index in [1.165, 1.54) is 0 Å². The van der Waals surface area contributed by atoms with Crippen molar-refractivity contribution in [2.24, 2.45) is 0 Å². The van der Waals surface area contributed by atoms with Gasteiger partial charge in [-0.15, -0.1) is 0 Å². The summed E-state index contributed by atoms with van der Waals surface area (Å²) in [6.07, 6.45) is 1.60. The Hall–Kier alpha value is -2.91. The maximum Gasteiger partial charge on any atom is 0.264 e. The summed E-state index contributed by atoms with van der Waals surface area (Å²) in [6, 6.07) is 6.00. The van der Waals surface area contributed by atoms with Crippen LogP contribution in [0.15, 0.2) is 29.2 Å². The number of fused-ring (bicyclic) bond motifs is 3. The highest BCUT2D eigenvalue weighted by Gasteiger charge is 2.22. The fourth-order valence-electron chi connectivity index (χ4n) is 3.74. The average Bonchev–Trinajstić information content (AvgIpc) is 3.33. The van der Waals surface area contributed by atoms with Crippen LogP contribution >= 0.6 is 0 Å². The van der Waals surface area contributed by atoms with E-state index in [2.05, 4.69) is 10.00 Å². The van der Waals surface area contributed by atoms with Gasteiger partial charge < -0.3 is 14.2 Å². The zero-order chi connectivity index (χ0) is 19.1. The third-order valence-electron chi connectivity index (χ3n) is 5.19. The lowest BCUT2D eigenvalue weighted by molar-refractivity contribution is 0.173. The van der Waals surface area contributed by atoms with E-state index < -0.39 is 0 Å². The smallest absolute Gasteiger partial charge is 0.264 e. The van der Waals surface area contributed by atoms with Crippen molar-refractivity contribution in [1.29, 1.82) is 0 Å². The predicted octanol–water partition coefficient (Wildman–Crippen LogP) is 0.984. The van der Waals surface area contributed by atoms with Gasteiger partial charge in [-0.3, -0.25) is 14.3 Å². The Bertz CT molecular complexity index is 1090. The van der Waals surface area contributed by atoms with Crippen LogP contribution in [0, 0.1) is 0 Å². The van der Waals surface area contributed by atoms with Crippen LogP contribution in [0.25, 0.3) is 11.0 Å². The quantitative estimate of drug-likeness (QED) is 0.649. The Morgan fingerprint density at radius 3 is 3.00 bits per heavy atom. The van der Waals surface area contributed by atoms with Gasteiger partial charge in [0, 0.05) is 26.7 Å². The molecule has 2 aliphatic heterocycles. The number of hydrogen-bond donors (Lipinski definition) is 0. The maximum absolute atomic E-state index is 12.8. The first-order valence-corrected chi connectivity index (χ1v) is 9.28. The molecule has 0 spiro atoms. The van der Waals surface area contributed by atoms with Crippen LogP contribution < -0.4 is 15.0 Å². The van der Waals surface area contributed by atoms with Gasteiger partial charge in [-0.1, -0.05) is 6.07 Å². The summed E-state index contributed by atoms with van der Waals surface area (Å²) in [5.41, 5.74) is 1.75. The van der Waals surface area contributed by atoms with Gasteiger partial charge in [0.15, 0.2) is 17.1 Å². The second-order valence-electron chi connectivity index (χ2n) is 6.98. The van der Waals surface area contributed by atoms with E-state index in [0.29, 0.717) is 37.3 Å². The van der Waals surface area contributed by atoms with E-state index in [-0.39, 0.29) is 12.4 Å². The third kappa shape index (κ3) is 2.92. The number of rotatable bonds is 5. The van der Waals surface area contributed by atoms with Crippen LogP contribution in [0.5, 0.6) is 11.5 Å². The van der Waals surface area contributed by atoms with E-state index in [1.54, 1.807) is 22.6 Å². The van der Waals surface area contributed by atoms with Crippen LogP contribution in [0.1, 0.15) is 11.4 Å². The summed E-state index contributed by atoms with van der Waals surface area (Å²) in [6.45, 7) is 4.12. The van der Waals surface area contributed by atoms with Crippen molar-refractivity contribution >= 4 is 11.0 Å². The first kappa shape index (κ1) is 17.2. The minimum atomic E-state index is -0.0219. The first-order chi connectivity index (χ1) is 13.7. The minimum Gasteiger partial charge on any atom is -0.454 e. The zero-order valence-electron chi connectivity index (χ0n) is 15.6. The molecule has 0 amide bonds. The molecule has 0 saturated heterocycles. The van der Waals surface area contributed by atoms with Gasteiger partial charge in [0.1, 0.15) is 11.2 Å². The highest BCUT2D eigenvalue weighted by Crippen LogP contribution is 2.33. The van der Waals surface area contributed by atoms with Gasteiger partial charge in [0.05, 0.1) is 25.9 Å². The second-order valence-corrected chi connectivity index (χ2v) is 6.98. The lowest BCUT2D eigenvalue weighted by Gasteiger charge is -2.29. The molecule has 5 rings (SSSR count). The van der Waals surface area contributed by atoms with Gasteiger partial charge in [0.25, 0.3) is 5.56 Å². The molecule has 28 heavy (non-hydrogen) atoms. The second kappa shape index (κ2) is 6.92. The SMILES string of the molecule is COCCn1ncc2c(=O)n3c(nc21)CN(Cc1ccc2c(c1)OCO2)CC3. The first-order valence-electron chi connectivity index (χ1n) is 9.28. The average molecular weight is 383 g/mol. The summed E-state index contributed by atoms with van der Waals surface area (Å²) in [4.78, 5) is 19.9. The van der Waals surface area contributed by atoms with E-state index >= 15 is 0 Å². The Morgan fingerprint density at radius 2 is 2.11 bits per heavy atom. The summed E-state index contributed by atoms with van der Waals surface area (Å²) < 4.78 is 19.5. The van der Waals surface area contributed by atoms with E-state index in [0.717, 1.165) is 36.0 Å². The summed E-state index contributed by atoms with van der Waals surface area (Å²) in [5, 5.41) is 4.87. The molecule has 9 heteroatoms. The van der Waals surface area contributed by atoms with Crippen molar-refractivity contribution in [3.05, 3.63) is 46.1 Å². The number of nitrogens with zero attached hydrogens (tertiary/aromatic N) is 5. The Morgan fingerprint density at radius 1 is 1.21 bits per heavy atom. The van der Waals surface area contributed by atoms with E-state index in [4.69, 9.17) is 19.2 Å². The van der Waals surface area contributed by atoms with Crippen molar-refractivity contribution in [2.75, 3.05) is 27.1 Å². The summed E-state index contributed by atoms with van der Waals surface area (Å²) in [7, 11) is 1.64. The fraction of sp³-hybridized carbons (Fsp3) is 0.421. The van der Waals surface area contributed by atoms with Crippen LogP contribution in [0.4, 0.5) is 0 Å². The Balaban J connectivity index is 1.41. The van der Waals surface area contributed by atoms with Crippen molar-refractivity contribution in [3.8, 4) is 11.5 Å². The molecule has 1 aromatic carbocycles. The largest absolute Gasteiger partial charge is 0.454 e. The third-order valence-corrected chi connectivity index (χ3v) is 5.19. The monoisotopic (exact) mass is 383 g/mol. The van der Waals surface area contributed by atoms with E-state index in [9.17, 15) is 4.79 Å². The van der Waals surface area contributed by atoms with Gasteiger partial charge in [-0.05, 0) is 17.7 Å². The van der Waals surface area contributed by atoms with Crippen molar-refractivity contribution < 1.29 is 14.2 Å². The number of methoxy groups -OCH3 is 1. The van der Waals surface area contributed by atoms with Crippen LogP contribution in [0.3, 0.4) is 0 Å². The molecular formula is C19H21N5O4. The normalized spacial score (nSPS) is 15.9. The van der Waals surface area contributed by atoms with E-state index in [1.807, 2.05) is 18.2 Å². The van der Waals surface area contributed by atoms with Gasteiger partial charge in [0.2, 0.25) is 6.79 Å². The molecule has 0 N–H and O–H groups in total. The molecule has 9 nitrogen and oxygen atoms in total. The molecule has 0 atom stereocenters. The Kier molecular flexibility index (Phi) is 4.25. The highest BCUT2D eigenvalue weighted by molar-refractivity contribution is 5.73. The molecule has 4 heterocycles. The van der Waals surface area contributed by atoms with Crippen molar-refractivity contribution in [3.63, 3.8) is 0 Å². The fourth-order valence-corrected chi connectivity index (χ4v) is 3.74. The van der Waals surface area contributed by atoms with Gasteiger partial charge >= 0.3 is 0 Å². The molecule has 146 valence electrons. The molecule has 0 fully saturated rings. The molecule has 0 saturated carbocycles. The number of hydrogen-bond acceptors (Lipinski definition) is 7. The summed E-state index contributed by atoms with van der Waals surface area (Å²) in [5.74, 6) is 2.34. The molecule has 0 radical (unpaired) electrons. The summed E-state index contributed by atoms with van der Waals surface area (Å²) >= 11 is 0. The van der Waals surface area contributed by atoms with Crippen LogP contribution in [-0.4, -0.2) is 51.3 Å². The van der Waals surface area contributed by atoms with Crippen molar-refractivity contribution in [2.45, 2.75) is 26.2 Å². The topological polar surface area (TPSA) is 83.6 Å². The molecule has 2 aliphatic rings. The number of aromatic nitrogens is 4. The molecule has 3 aromatic rings. The molecule has 0 unspecified atom stereocenters. The Labute approximate surface area is 161 Å². The lowest BCUT2D eigenvalue weighted by atomic mass is 10.1. The molecule has 0 bridgehead atoms. The number of ether oxygens (including phenoxy) is 3. The van der Waals surface area contributed by atoms with Gasteiger partial charge in [-0.25, -0.2) is 9.67 Å². The van der Waals surface area contributed by atoms with Gasteiger partial charge in [-0.2, -0.15) is 5.10 Å². The van der Waals surface area contributed by atoms with Crippen LogP contribution in [-0.2, 0) is 30.9 Å². The predicted molar refractivity (Wildman–Crippen MR) is 100 cm³/mol. The molecule has 2 aromatic heterocycles.